The number of quaternary nitrogens is 1. The van der Waals surface area contributed by atoms with E-state index in [1.54, 1.807) is 0 Å². The average molecular weight is 1090 g/mol. The van der Waals surface area contributed by atoms with Crippen LogP contribution in [0.3, 0.4) is 0 Å². The smallest absolute Gasteiger partial charge is 0.306 e. The average Bonchev–Trinajstić information content (AvgIpc) is 3.38. The molecular weight excluding hydrogens is 966 g/mol. The molecule has 0 saturated carbocycles. The minimum atomic E-state index is -4.64. The van der Waals surface area contributed by atoms with Crippen molar-refractivity contribution in [2.45, 2.75) is 341 Å². The predicted octanol–water partition coefficient (Wildman–Crippen LogP) is 20.3. The molecular formula is C66H128NO8P. The summed E-state index contributed by atoms with van der Waals surface area (Å²) in [6.45, 7) is 4.30. The molecule has 0 bridgehead atoms. The SMILES string of the molecule is CCCCCCC/C=C\C/C=C\CCCCCCCCCCCCCCCC(=O)OC(COC(=O)CCCCCCCCCCCCCCCCCCCCCCCCCCCCC)COP(=O)([O-])OCC[N+](C)(C)C. The summed E-state index contributed by atoms with van der Waals surface area (Å²) >= 11 is 0. The Morgan fingerprint density at radius 1 is 0.408 bits per heavy atom. The van der Waals surface area contributed by atoms with Gasteiger partial charge in [-0.25, -0.2) is 0 Å². The van der Waals surface area contributed by atoms with E-state index in [0.29, 0.717) is 17.4 Å². The van der Waals surface area contributed by atoms with Crippen molar-refractivity contribution in [2.24, 2.45) is 0 Å². The molecule has 10 heteroatoms. The molecule has 0 heterocycles. The van der Waals surface area contributed by atoms with Crippen LogP contribution in [0.5, 0.6) is 0 Å². The highest BCUT2D eigenvalue weighted by atomic mass is 31.2. The fraction of sp³-hybridized carbons (Fsp3) is 0.909. The van der Waals surface area contributed by atoms with E-state index >= 15 is 0 Å². The van der Waals surface area contributed by atoms with Crippen molar-refractivity contribution in [2.75, 3.05) is 47.5 Å². The monoisotopic (exact) mass is 1090 g/mol. The predicted molar refractivity (Wildman–Crippen MR) is 324 cm³/mol. The lowest BCUT2D eigenvalue weighted by atomic mass is 10.0. The van der Waals surface area contributed by atoms with Crippen LogP contribution in [0.25, 0.3) is 0 Å². The first-order valence-corrected chi connectivity index (χ1v) is 34.5. The summed E-state index contributed by atoms with van der Waals surface area (Å²) in [5.41, 5.74) is 0. The van der Waals surface area contributed by atoms with Crippen molar-refractivity contribution in [3.8, 4) is 0 Å². The van der Waals surface area contributed by atoms with E-state index in [2.05, 4.69) is 38.2 Å². The van der Waals surface area contributed by atoms with Crippen LogP contribution in [0.2, 0.25) is 0 Å². The third kappa shape index (κ3) is 61.7. The number of nitrogens with zero attached hydrogens (tertiary/aromatic N) is 1. The number of allylic oxidation sites excluding steroid dienone is 4. The van der Waals surface area contributed by atoms with Gasteiger partial charge in [-0.15, -0.1) is 0 Å². The van der Waals surface area contributed by atoms with Crippen LogP contribution in [-0.4, -0.2) is 70.0 Å². The summed E-state index contributed by atoms with van der Waals surface area (Å²) in [5.74, 6) is -0.813. The number of likely N-dealkylation sites (N-methyl/N-ethyl adjacent to an activating group) is 1. The zero-order chi connectivity index (χ0) is 55.6. The molecule has 0 rings (SSSR count). The molecule has 0 aliphatic heterocycles. The van der Waals surface area contributed by atoms with Crippen LogP contribution in [0.4, 0.5) is 0 Å². The molecule has 0 amide bonds. The molecule has 2 atom stereocenters. The molecule has 0 saturated heterocycles. The highest BCUT2D eigenvalue weighted by molar-refractivity contribution is 7.45. The van der Waals surface area contributed by atoms with E-state index in [9.17, 15) is 19.0 Å². The summed E-state index contributed by atoms with van der Waals surface area (Å²) in [4.78, 5) is 38.0. The highest BCUT2D eigenvalue weighted by Gasteiger charge is 2.22. The molecule has 0 fully saturated rings. The fourth-order valence-corrected chi connectivity index (χ4v) is 10.6. The van der Waals surface area contributed by atoms with E-state index < -0.39 is 26.5 Å². The van der Waals surface area contributed by atoms with Crippen LogP contribution in [0.15, 0.2) is 24.3 Å². The van der Waals surface area contributed by atoms with E-state index in [1.165, 1.54) is 257 Å². The third-order valence-corrected chi connectivity index (χ3v) is 15.9. The van der Waals surface area contributed by atoms with Crippen molar-refractivity contribution in [3.63, 3.8) is 0 Å². The molecule has 450 valence electrons. The van der Waals surface area contributed by atoms with Gasteiger partial charge in [-0.05, 0) is 44.9 Å². The van der Waals surface area contributed by atoms with Crippen molar-refractivity contribution in [3.05, 3.63) is 24.3 Å². The Kier molecular flexibility index (Phi) is 57.0. The summed E-state index contributed by atoms with van der Waals surface area (Å²) in [7, 11) is 1.18. The number of hydrogen-bond donors (Lipinski definition) is 0. The third-order valence-electron chi connectivity index (χ3n) is 15.0. The molecule has 0 aromatic carbocycles. The summed E-state index contributed by atoms with van der Waals surface area (Å²) in [5, 5.41) is 0. The maximum Gasteiger partial charge on any atom is 0.306 e. The number of hydrogen-bond acceptors (Lipinski definition) is 8. The molecule has 76 heavy (non-hydrogen) atoms. The molecule has 9 nitrogen and oxygen atoms in total. The van der Waals surface area contributed by atoms with Crippen LogP contribution in [-0.2, 0) is 32.7 Å². The Morgan fingerprint density at radius 3 is 1.04 bits per heavy atom. The van der Waals surface area contributed by atoms with Gasteiger partial charge in [-0.3, -0.25) is 14.2 Å². The Morgan fingerprint density at radius 2 is 0.711 bits per heavy atom. The summed E-state index contributed by atoms with van der Waals surface area (Å²) < 4.78 is 34.3. The van der Waals surface area contributed by atoms with Gasteiger partial charge in [0, 0.05) is 12.8 Å². The zero-order valence-electron chi connectivity index (χ0n) is 51.2. The highest BCUT2D eigenvalue weighted by Crippen LogP contribution is 2.38. The van der Waals surface area contributed by atoms with E-state index in [4.69, 9.17) is 18.5 Å². The van der Waals surface area contributed by atoms with Crippen molar-refractivity contribution in [1.29, 1.82) is 0 Å². The van der Waals surface area contributed by atoms with Gasteiger partial charge in [0.2, 0.25) is 0 Å². The molecule has 0 radical (unpaired) electrons. The zero-order valence-corrected chi connectivity index (χ0v) is 52.1. The number of esters is 2. The first kappa shape index (κ1) is 74.5. The van der Waals surface area contributed by atoms with Gasteiger partial charge in [-0.1, -0.05) is 301 Å². The van der Waals surface area contributed by atoms with Gasteiger partial charge in [0.1, 0.15) is 19.8 Å². The maximum absolute atomic E-state index is 12.8. The van der Waals surface area contributed by atoms with Gasteiger partial charge < -0.3 is 27.9 Å². The van der Waals surface area contributed by atoms with Crippen molar-refractivity contribution in [1.82, 2.24) is 0 Å². The molecule has 2 unspecified atom stereocenters. The van der Waals surface area contributed by atoms with Gasteiger partial charge in [0.25, 0.3) is 7.82 Å². The normalized spacial score (nSPS) is 13.3. The number of unbranched alkanes of at least 4 members (excludes halogenated alkanes) is 44. The minimum absolute atomic E-state index is 0.0278. The van der Waals surface area contributed by atoms with E-state index in [0.717, 1.165) is 44.9 Å². The number of phosphoric ester groups is 1. The lowest BCUT2D eigenvalue weighted by molar-refractivity contribution is -0.870. The van der Waals surface area contributed by atoms with Crippen molar-refractivity contribution < 1.29 is 42.1 Å². The second-order valence-electron chi connectivity index (χ2n) is 23.8. The second-order valence-corrected chi connectivity index (χ2v) is 25.3. The van der Waals surface area contributed by atoms with Gasteiger partial charge in [0.05, 0.1) is 27.7 Å². The van der Waals surface area contributed by atoms with Gasteiger partial charge in [-0.2, -0.15) is 0 Å². The minimum Gasteiger partial charge on any atom is -0.756 e. The quantitative estimate of drug-likeness (QED) is 0.0195. The molecule has 0 aromatic rings. The van der Waals surface area contributed by atoms with Gasteiger partial charge in [0.15, 0.2) is 6.10 Å². The van der Waals surface area contributed by atoms with Crippen LogP contribution < -0.4 is 4.89 Å². The maximum atomic E-state index is 12.8. The first-order valence-electron chi connectivity index (χ1n) is 33.0. The molecule has 0 aliphatic rings. The summed E-state index contributed by atoms with van der Waals surface area (Å²) in [6, 6.07) is 0. The number of rotatable bonds is 62. The number of ether oxygens (including phenoxy) is 2. The Hall–Kier alpha value is -1.51. The Balaban J connectivity index is 4.04. The number of phosphoric acid groups is 1. The van der Waals surface area contributed by atoms with Crippen LogP contribution in [0.1, 0.15) is 335 Å². The largest absolute Gasteiger partial charge is 0.756 e. The fourth-order valence-electron chi connectivity index (χ4n) is 9.87. The first-order chi connectivity index (χ1) is 37.0. The van der Waals surface area contributed by atoms with Crippen LogP contribution in [0, 0.1) is 0 Å². The lowest BCUT2D eigenvalue weighted by Gasteiger charge is -2.28. The Labute approximate surface area is 472 Å². The lowest BCUT2D eigenvalue weighted by Crippen LogP contribution is -2.37. The van der Waals surface area contributed by atoms with E-state index in [-0.39, 0.29) is 32.0 Å². The van der Waals surface area contributed by atoms with E-state index in [1.807, 2.05) is 21.1 Å². The summed E-state index contributed by atoms with van der Waals surface area (Å²) in [6.07, 6.45) is 71.0. The number of carbonyl (C=O) groups excluding carboxylic acids is 2. The van der Waals surface area contributed by atoms with Crippen molar-refractivity contribution >= 4 is 19.8 Å². The Bertz CT molecular complexity index is 1330. The molecule has 0 aromatic heterocycles. The molecule has 0 aliphatic carbocycles. The molecule has 0 spiro atoms. The molecule has 0 N–H and O–H groups in total. The topological polar surface area (TPSA) is 111 Å². The standard InChI is InChI=1S/C66H128NO8P/c1-6-8-10-12-14-16-18-20-22-24-26-28-30-32-33-35-36-38-40-42-44-46-48-50-52-54-56-58-65(68)72-62-64(63-74-76(70,71)73-61-60-67(3,4)5)75-66(69)59-57-55-53-51-49-47-45-43-41-39-37-34-31-29-27-25-23-21-19-17-15-13-11-9-7-2/h19,21,25,27,64H,6-18,20,22-24,26,28-63H2,1-5H3/b21-19-,27-25-. The number of carbonyl (C=O) groups is 2. The van der Waals surface area contributed by atoms with Gasteiger partial charge >= 0.3 is 11.9 Å². The van der Waals surface area contributed by atoms with Crippen LogP contribution >= 0.6 is 7.82 Å². The second kappa shape index (κ2) is 58.2.